The Bertz CT molecular complexity index is 730. The van der Waals surface area contributed by atoms with Crippen LogP contribution in [0.5, 0.6) is 0 Å². The number of rotatable bonds is 6. The van der Waals surface area contributed by atoms with E-state index in [0.717, 1.165) is 0 Å². The van der Waals surface area contributed by atoms with E-state index in [0.29, 0.717) is 11.3 Å². The number of carboxylic acids is 1. The highest BCUT2D eigenvalue weighted by Crippen LogP contribution is 2.12. The summed E-state index contributed by atoms with van der Waals surface area (Å²) in [6, 6.07) is 15.2. The zero-order chi connectivity index (χ0) is 16.8. The first-order valence-corrected chi connectivity index (χ1v) is 8.41. The molecule has 120 valence electrons. The van der Waals surface area contributed by atoms with E-state index in [2.05, 4.69) is 5.32 Å². The van der Waals surface area contributed by atoms with Gasteiger partial charge in [-0.2, -0.15) is 0 Å². The van der Waals surface area contributed by atoms with E-state index >= 15 is 0 Å². The van der Waals surface area contributed by atoms with Crippen LogP contribution in [0.25, 0.3) is 0 Å². The zero-order valence-electron chi connectivity index (χ0n) is 12.6. The Morgan fingerprint density at radius 3 is 2.48 bits per heavy atom. The topological polar surface area (TPSA) is 83.5 Å². The van der Waals surface area contributed by atoms with Crippen LogP contribution in [0.4, 0.5) is 5.69 Å². The molecule has 0 radical (unpaired) electrons. The first-order valence-electron chi connectivity index (χ1n) is 7.02. The standard InChI is InChI=1S/C17H17NO4S/c1-12(16(19)18-15-8-3-2-4-9-15)23(22)11-13-6-5-7-14(10-13)17(20)21/h2-10,12H,11H2,1H3,(H,18,19)(H,20,21). The van der Waals surface area contributed by atoms with Gasteiger partial charge in [0.15, 0.2) is 0 Å². The molecule has 2 aromatic rings. The number of carbonyl (C=O) groups excluding carboxylic acids is 1. The van der Waals surface area contributed by atoms with Crippen molar-refractivity contribution in [3.63, 3.8) is 0 Å². The molecule has 0 saturated heterocycles. The lowest BCUT2D eigenvalue weighted by molar-refractivity contribution is -0.115. The van der Waals surface area contributed by atoms with Crippen molar-refractivity contribution >= 4 is 28.4 Å². The Morgan fingerprint density at radius 1 is 1.13 bits per heavy atom. The Balaban J connectivity index is 2.01. The van der Waals surface area contributed by atoms with Gasteiger partial charge in [-0.15, -0.1) is 0 Å². The molecule has 0 aliphatic heterocycles. The van der Waals surface area contributed by atoms with E-state index < -0.39 is 22.0 Å². The van der Waals surface area contributed by atoms with Crippen molar-refractivity contribution < 1.29 is 18.9 Å². The molecule has 0 aliphatic rings. The molecule has 0 fully saturated rings. The fraction of sp³-hybridized carbons (Fsp3) is 0.176. The summed E-state index contributed by atoms with van der Waals surface area (Å²) in [5, 5.41) is 11.0. The Labute approximate surface area is 136 Å². The molecule has 0 spiro atoms. The van der Waals surface area contributed by atoms with Gasteiger partial charge in [0, 0.05) is 22.2 Å². The summed E-state index contributed by atoms with van der Waals surface area (Å²) in [4.78, 5) is 23.1. The number of amides is 1. The molecule has 2 rings (SSSR count). The number of anilines is 1. The number of carboxylic acid groups (broad SMARTS) is 1. The molecule has 0 heterocycles. The maximum atomic E-state index is 12.3. The SMILES string of the molecule is CC(C(=O)Nc1ccccc1)S(=O)Cc1cccc(C(=O)O)c1. The minimum absolute atomic E-state index is 0.129. The molecule has 0 aliphatic carbocycles. The fourth-order valence-electron chi connectivity index (χ4n) is 1.97. The van der Waals surface area contributed by atoms with Gasteiger partial charge < -0.3 is 10.4 Å². The molecule has 0 aromatic heterocycles. The molecule has 2 aromatic carbocycles. The van der Waals surface area contributed by atoms with Crippen LogP contribution in [0.15, 0.2) is 54.6 Å². The number of nitrogens with one attached hydrogen (secondary N) is 1. The Kier molecular flexibility index (Phi) is 5.65. The lowest BCUT2D eigenvalue weighted by atomic mass is 10.1. The van der Waals surface area contributed by atoms with E-state index in [1.807, 2.05) is 6.07 Å². The minimum Gasteiger partial charge on any atom is -0.478 e. The summed E-state index contributed by atoms with van der Waals surface area (Å²) in [6.45, 7) is 1.59. The largest absolute Gasteiger partial charge is 0.478 e. The summed E-state index contributed by atoms with van der Waals surface area (Å²) >= 11 is 0. The maximum absolute atomic E-state index is 12.3. The van der Waals surface area contributed by atoms with E-state index in [4.69, 9.17) is 5.11 Å². The number of aromatic carboxylic acids is 1. The van der Waals surface area contributed by atoms with Crippen molar-refractivity contribution in [2.24, 2.45) is 0 Å². The third kappa shape index (κ3) is 4.75. The number of carbonyl (C=O) groups is 2. The molecule has 6 heteroatoms. The molecular weight excluding hydrogens is 314 g/mol. The van der Waals surface area contributed by atoms with Gasteiger partial charge in [0.25, 0.3) is 0 Å². The highest BCUT2D eigenvalue weighted by Gasteiger charge is 2.20. The van der Waals surface area contributed by atoms with E-state index in [-0.39, 0.29) is 17.2 Å². The van der Waals surface area contributed by atoms with Crippen molar-refractivity contribution in [3.05, 3.63) is 65.7 Å². The van der Waals surface area contributed by atoms with Crippen LogP contribution >= 0.6 is 0 Å². The van der Waals surface area contributed by atoms with E-state index in [1.165, 1.54) is 12.1 Å². The number of benzene rings is 2. The summed E-state index contributed by atoms with van der Waals surface area (Å²) < 4.78 is 12.3. The molecular formula is C17H17NO4S. The van der Waals surface area contributed by atoms with Gasteiger partial charge in [0.1, 0.15) is 5.25 Å². The summed E-state index contributed by atoms with van der Waals surface area (Å²) in [5.41, 5.74) is 1.41. The van der Waals surface area contributed by atoms with Crippen molar-refractivity contribution in [2.75, 3.05) is 5.32 Å². The molecule has 1 amide bonds. The predicted octanol–water partition coefficient (Wildman–Crippen LogP) is 2.66. The van der Waals surface area contributed by atoms with Crippen molar-refractivity contribution in [2.45, 2.75) is 17.9 Å². The van der Waals surface area contributed by atoms with E-state index in [9.17, 15) is 13.8 Å². The fourth-order valence-corrected chi connectivity index (χ4v) is 3.02. The quantitative estimate of drug-likeness (QED) is 0.852. The lowest BCUT2D eigenvalue weighted by Crippen LogP contribution is -2.29. The zero-order valence-corrected chi connectivity index (χ0v) is 13.4. The van der Waals surface area contributed by atoms with Crippen LogP contribution in [-0.4, -0.2) is 26.4 Å². The van der Waals surface area contributed by atoms with E-state index in [1.54, 1.807) is 43.3 Å². The molecule has 23 heavy (non-hydrogen) atoms. The summed E-state index contributed by atoms with van der Waals surface area (Å²) in [7, 11) is -1.45. The third-order valence-electron chi connectivity index (χ3n) is 3.29. The summed E-state index contributed by atoms with van der Waals surface area (Å²) in [5.74, 6) is -1.23. The second-order valence-electron chi connectivity index (χ2n) is 5.03. The van der Waals surface area contributed by atoms with Crippen LogP contribution in [0.3, 0.4) is 0 Å². The average molecular weight is 331 g/mol. The molecule has 2 N–H and O–H groups in total. The van der Waals surface area contributed by atoms with Gasteiger partial charge in [-0.1, -0.05) is 30.3 Å². The van der Waals surface area contributed by atoms with Crippen LogP contribution in [-0.2, 0) is 21.3 Å². The first-order chi connectivity index (χ1) is 11.0. The molecule has 5 nitrogen and oxygen atoms in total. The van der Waals surface area contributed by atoms with Gasteiger partial charge in [-0.3, -0.25) is 9.00 Å². The van der Waals surface area contributed by atoms with Crippen LogP contribution < -0.4 is 5.32 Å². The van der Waals surface area contributed by atoms with Crippen molar-refractivity contribution in [1.82, 2.24) is 0 Å². The van der Waals surface area contributed by atoms with Crippen LogP contribution in [0, 0.1) is 0 Å². The first kappa shape index (κ1) is 16.9. The summed E-state index contributed by atoms with van der Waals surface area (Å²) in [6.07, 6.45) is 0. The van der Waals surface area contributed by atoms with Crippen LogP contribution in [0.1, 0.15) is 22.8 Å². The number of hydrogen-bond acceptors (Lipinski definition) is 3. The second kappa shape index (κ2) is 7.69. The van der Waals surface area contributed by atoms with Gasteiger partial charge in [-0.05, 0) is 36.8 Å². The monoisotopic (exact) mass is 331 g/mol. The minimum atomic E-state index is -1.45. The lowest BCUT2D eigenvalue weighted by Gasteiger charge is -2.12. The Morgan fingerprint density at radius 2 is 1.83 bits per heavy atom. The third-order valence-corrected chi connectivity index (χ3v) is 4.91. The normalized spacial score (nSPS) is 13.1. The van der Waals surface area contributed by atoms with Crippen molar-refractivity contribution in [3.8, 4) is 0 Å². The predicted molar refractivity (Wildman–Crippen MR) is 89.8 cm³/mol. The maximum Gasteiger partial charge on any atom is 0.335 e. The van der Waals surface area contributed by atoms with Crippen LogP contribution in [0.2, 0.25) is 0 Å². The average Bonchev–Trinajstić information content (AvgIpc) is 2.55. The number of hydrogen-bond donors (Lipinski definition) is 2. The van der Waals surface area contributed by atoms with Crippen molar-refractivity contribution in [1.29, 1.82) is 0 Å². The smallest absolute Gasteiger partial charge is 0.335 e. The van der Waals surface area contributed by atoms with Gasteiger partial charge in [0.05, 0.1) is 5.56 Å². The molecule has 0 bridgehead atoms. The highest BCUT2D eigenvalue weighted by atomic mass is 32.2. The highest BCUT2D eigenvalue weighted by molar-refractivity contribution is 7.85. The van der Waals surface area contributed by atoms with Gasteiger partial charge >= 0.3 is 5.97 Å². The molecule has 2 atom stereocenters. The molecule has 0 saturated carbocycles. The molecule has 2 unspecified atom stereocenters. The van der Waals surface area contributed by atoms with Gasteiger partial charge in [0.2, 0.25) is 5.91 Å². The second-order valence-corrected chi connectivity index (χ2v) is 6.79. The Hall–Kier alpha value is -2.47. The number of para-hydroxylation sites is 1. The van der Waals surface area contributed by atoms with Gasteiger partial charge in [-0.25, -0.2) is 4.79 Å².